The van der Waals surface area contributed by atoms with Crippen molar-refractivity contribution in [2.75, 3.05) is 11.9 Å². The van der Waals surface area contributed by atoms with E-state index in [4.69, 9.17) is 21.6 Å². The number of nitriles is 2. The third-order valence-corrected chi connectivity index (χ3v) is 3.80. The molecule has 0 spiro atoms. The highest BCUT2D eigenvalue weighted by Crippen LogP contribution is 2.24. The maximum atomic E-state index is 12.4. The molecule has 0 fully saturated rings. The quantitative estimate of drug-likeness (QED) is 0.649. The molecule has 0 aromatic heterocycles. The molecule has 2 aromatic carbocycles. The third kappa shape index (κ3) is 4.60. The fourth-order valence-electron chi connectivity index (χ4n) is 2.08. The van der Waals surface area contributed by atoms with E-state index >= 15 is 0 Å². The van der Waals surface area contributed by atoms with Gasteiger partial charge in [0, 0.05) is 16.3 Å². The zero-order chi connectivity index (χ0) is 18.2. The van der Waals surface area contributed by atoms with Gasteiger partial charge in [-0.1, -0.05) is 35.9 Å². The molecule has 1 amide bonds. The van der Waals surface area contributed by atoms with Gasteiger partial charge >= 0.3 is 0 Å². The summed E-state index contributed by atoms with van der Waals surface area (Å²) in [6, 6.07) is 15.8. The number of halogens is 1. The Hall–Kier alpha value is -3.28. The second-order valence-corrected chi connectivity index (χ2v) is 5.43. The van der Waals surface area contributed by atoms with Gasteiger partial charge in [0.25, 0.3) is 5.91 Å². The number of hydrogen-bond donors (Lipinski definition) is 1. The Morgan fingerprint density at radius 3 is 2.72 bits per heavy atom. The molecule has 0 atom stereocenters. The lowest BCUT2D eigenvalue weighted by Crippen LogP contribution is -2.14. The van der Waals surface area contributed by atoms with Gasteiger partial charge in [-0.2, -0.15) is 10.5 Å². The van der Waals surface area contributed by atoms with Crippen LogP contribution in [0.2, 0.25) is 5.02 Å². The Labute approximate surface area is 150 Å². The van der Waals surface area contributed by atoms with E-state index in [0.29, 0.717) is 27.6 Å². The van der Waals surface area contributed by atoms with Crippen molar-refractivity contribution in [3.05, 3.63) is 64.2 Å². The molecule has 0 unspecified atom stereocenters. The van der Waals surface area contributed by atoms with Crippen molar-refractivity contribution in [2.24, 2.45) is 0 Å². The van der Waals surface area contributed by atoms with Gasteiger partial charge in [-0.3, -0.25) is 4.79 Å². The van der Waals surface area contributed by atoms with Crippen LogP contribution in [0.3, 0.4) is 0 Å². The lowest BCUT2D eigenvalue weighted by Gasteiger charge is -2.09. The van der Waals surface area contributed by atoms with Gasteiger partial charge in [-0.15, -0.1) is 0 Å². The van der Waals surface area contributed by atoms with Gasteiger partial charge in [0.15, 0.2) is 6.61 Å². The van der Waals surface area contributed by atoms with Crippen LogP contribution in [0.25, 0.3) is 6.08 Å². The van der Waals surface area contributed by atoms with Gasteiger partial charge in [0.1, 0.15) is 23.5 Å². The molecule has 0 saturated heterocycles. The largest absolute Gasteiger partial charge is 0.478 e. The number of hydrogen-bond acceptors (Lipinski definition) is 4. The molecule has 25 heavy (non-hydrogen) atoms. The summed E-state index contributed by atoms with van der Waals surface area (Å²) in [5.41, 5.74) is 1.69. The predicted octanol–water partition coefficient (Wildman–Crippen LogP) is 4.10. The summed E-state index contributed by atoms with van der Waals surface area (Å²) in [7, 11) is 0. The van der Waals surface area contributed by atoms with E-state index in [1.54, 1.807) is 49.4 Å². The molecule has 2 aromatic rings. The lowest BCUT2D eigenvalue weighted by molar-refractivity contribution is -0.112. The first-order chi connectivity index (χ1) is 12.1. The van der Waals surface area contributed by atoms with Crippen LogP contribution in [0, 0.1) is 29.6 Å². The van der Waals surface area contributed by atoms with E-state index in [2.05, 4.69) is 5.32 Å². The maximum absolute atomic E-state index is 12.4. The van der Waals surface area contributed by atoms with E-state index in [9.17, 15) is 10.1 Å². The van der Waals surface area contributed by atoms with E-state index in [1.807, 2.05) is 12.1 Å². The van der Waals surface area contributed by atoms with Crippen LogP contribution in [-0.2, 0) is 4.79 Å². The molecule has 1 N–H and O–H groups in total. The van der Waals surface area contributed by atoms with Gasteiger partial charge < -0.3 is 10.1 Å². The Morgan fingerprint density at radius 1 is 1.24 bits per heavy atom. The number of nitrogens with one attached hydrogen (secondary N) is 1. The molecule has 6 heteroatoms. The van der Waals surface area contributed by atoms with Crippen molar-refractivity contribution in [3.63, 3.8) is 0 Å². The number of ether oxygens (including phenoxy) is 1. The van der Waals surface area contributed by atoms with Crippen LogP contribution in [0.4, 0.5) is 5.69 Å². The smallest absolute Gasteiger partial charge is 0.266 e. The number of para-hydroxylation sites is 1. The van der Waals surface area contributed by atoms with E-state index in [-0.39, 0.29) is 12.2 Å². The summed E-state index contributed by atoms with van der Waals surface area (Å²) in [4.78, 5) is 12.4. The average Bonchev–Trinajstić information content (AvgIpc) is 2.62. The summed E-state index contributed by atoms with van der Waals surface area (Å²) in [6.07, 6.45) is 1.42. The van der Waals surface area contributed by atoms with Gasteiger partial charge in [0.2, 0.25) is 0 Å². The predicted molar refractivity (Wildman–Crippen MR) is 96.0 cm³/mol. The maximum Gasteiger partial charge on any atom is 0.266 e. The van der Waals surface area contributed by atoms with E-state index in [1.165, 1.54) is 6.08 Å². The summed E-state index contributed by atoms with van der Waals surface area (Å²) in [5.74, 6) is -0.133. The normalized spacial score (nSPS) is 10.5. The van der Waals surface area contributed by atoms with Crippen molar-refractivity contribution in [1.82, 2.24) is 0 Å². The summed E-state index contributed by atoms with van der Waals surface area (Å²) in [5, 5.41) is 21.2. The molecule has 0 bridgehead atoms. The molecule has 0 saturated carbocycles. The highest BCUT2D eigenvalue weighted by atomic mass is 35.5. The number of carbonyl (C=O) groups is 1. The fraction of sp³-hybridized carbons (Fsp3) is 0.105. The lowest BCUT2D eigenvalue weighted by atomic mass is 10.1. The van der Waals surface area contributed by atoms with Crippen molar-refractivity contribution < 1.29 is 9.53 Å². The fourth-order valence-corrected chi connectivity index (χ4v) is 2.25. The molecule has 0 aliphatic heterocycles. The highest BCUT2D eigenvalue weighted by molar-refractivity contribution is 6.31. The molecule has 0 heterocycles. The minimum atomic E-state index is -0.553. The monoisotopic (exact) mass is 351 g/mol. The van der Waals surface area contributed by atoms with Crippen LogP contribution in [0.5, 0.6) is 5.75 Å². The zero-order valence-corrected chi connectivity index (χ0v) is 14.2. The highest BCUT2D eigenvalue weighted by Gasteiger charge is 2.13. The second kappa shape index (κ2) is 8.54. The number of rotatable bonds is 5. The standard InChI is InChI=1S/C19H14ClN3O2/c1-13-16(20)6-4-7-17(13)23-19(24)15(12-22)11-14-5-2-3-8-18(14)25-10-9-21/h2-8,11H,10H2,1H3,(H,23,24)/b15-11-. The first kappa shape index (κ1) is 18.1. The van der Waals surface area contributed by atoms with Crippen LogP contribution in [0.1, 0.15) is 11.1 Å². The number of anilines is 1. The summed E-state index contributed by atoms with van der Waals surface area (Å²) < 4.78 is 5.30. The van der Waals surface area contributed by atoms with Gasteiger partial charge in [-0.05, 0) is 36.8 Å². The van der Waals surface area contributed by atoms with Crippen molar-refractivity contribution in [3.8, 4) is 17.9 Å². The number of carbonyl (C=O) groups excluding carboxylic acids is 1. The van der Waals surface area contributed by atoms with Gasteiger partial charge in [-0.25, -0.2) is 0 Å². The Balaban J connectivity index is 2.29. The Kier molecular flexibility index (Phi) is 6.17. The Bertz CT molecular complexity index is 908. The molecule has 0 aliphatic carbocycles. The van der Waals surface area contributed by atoms with E-state index in [0.717, 1.165) is 0 Å². The molecule has 2 rings (SSSR count). The zero-order valence-electron chi connectivity index (χ0n) is 13.4. The Morgan fingerprint density at radius 2 is 2.00 bits per heavy atom. The summed E-state index contributed by atoms with van der Waals surface area (Å²) in [6.45, 7) is 1.65. The first-order valence-corrected chi connectivity index (χ1v) is 7.71. The average molecular weight is 352 g/mol. The SMILES string of the molecule is Cc1c(Cl)cccc1NC(=O)/C(C#N)=C\c1ccccc1OCC#N. The second-order valence-electron chi connectivity index (χ2n) is 5.02. The molecule has 124 valence electrons. The topological polar surface area (TPSA) is 85.9 Å². The first-order valence-electron chi connectivity index (χ1n) is 7.34. The number of amides is 1. The van der Waals surface area contributed by atoms with Crippen molar-refractivity contribution in [1.29, 1.82) is 10.5 Å². The summed E-state index contributed by atoms with van der Waals surface area (Å²) >= 11 is 6.04. The number of benzene rings is 2. The number of nitrogens with zero attached hydrogens (tertiary/aromatic N) is 2. The molecule has 0 radical (unpaired) electrons. The van der Waals surface area contributed by atoms with Gasteiger partial charge in [0.05, 0.1) is 0 Å². The van der Waals surface area contributed by atoms with Crippen LogP contribution < -0.4 is 10.1 Å². The van der Waals surface area contributed by atoms with Crippen LogP contribution >= 0.6 is 11.6 Å². The van der Waals surface area contributed by atoms with Crippen molar-refractivity contribution in [2.45, 2.75) is 6.92 Å². The minimum Gasteiger partial charge on any atom is -0.478 e. The molecular weight excluding hydrogens is 338 g/mol. The third-order valence-electron chi connectivity index (χ3n) is 3.39. The van der Waals surface area contributed by atoms with Crippen LogP contribution in [0.15, 0.2) is 48.0 Å². The van der Waals surface area contributed by atoms with Crippen molar-refractivity contribution >= 4 is 29.3 Å². The van der Waals surface area contributed by atoms with Crippen LogP contribution in [-0.4, -0.2) is 12.5 Å². The molecule has 0 aliphatic rings. The molecule has 5 nitrogen and oxygen atoms in total. The minimum absolute atomic E-state index is 0.0904. The van der Waals surface area contributed by atoms with E-state index < -0.39 is 5.91 Å². The molecular formula is C19H14ClN3O2.